The first-order chi connectivity index (χ1) is 7.86. The minimum absolute atomic E-state index is 0. The fourth-order valence-electron chi connectivity index (χ4n) is 3.54. The van der Waals surface area contributed by atoms with E-state index in [2.05, 4.69) is 6.92 Å². The first-order valence-electron chi connectivity index (χ1n) is 7.86. The van der Waals surface area contributed by atoms with Gasteiger partial charge in [0.1, 0.15) is 0 Å². The molecule has 0 aromatic rings. The predicted molar refractivity (Wildman–Crippen MR) is 79.4 cm³/mol. The second kappa shape index (κ2) is 9.94. The Morgan fingerprint density at radius 2 is 1.06 bits per heavy atom. The summed E-state index contributed by atoms with van der Waals surface area (Å²) in [5.41, 5.74) is 0. The minimum atomic E-state index is 0. The van der Waals surface area contributed by atoms with Gasteiger partial charge in [0.2, 0.25) is 0 Å². The SMILES string of the molecule is CC.CC1CCC(C2CCCCCC2)CC1.O.[HH]. The average Bonchev–Trinajstić information content (AvgIpc) is 2.61. The maximum absolute atomic E-state index is 2.43. The number of rotatable bonds is 1. The van der Waals surface area contributed by atoms with E-state index in [-0.39, 0.29) is 6.90 Å². The molecule has 2 fully saturated rings. The molecule has 1 nitrogen and oxygen atoms in total. The molecule has 0 bridgehead atoms. The first kappa shape index (κ1) is 17.0. The Morgan fingerprint density at radius 3 is 1.53 bits per heavy atom. The second-order valence-electron chi connectivity index (χ2n) is 5.77. The molecule has 1 heteroatoms. The van der Waals surface area contributed by atoms with Gasteiger partial charge in [-0.2, -0.15) is 0 Å². The maximum atomic E-state index is 2.43. The van der Waals surface area contributed by atoms with Crippen molar-refractivity contribution < 1.29 is 6.90 Å². The van der Waals surface area contributed by atoms with Crippen LogP contribution in [0.4, 0.5) is 0 Å². The molecular formula is C16H36O. The highest BCUT2D eigenvalue weighted by atomic mass is 16.0. The topological polar surface area (TPSA) is 31.5 Å². The van der Waals surface area contributed by atoms with E-state index < -0.39 is 0 Å². The third kappa shape index (κ3) is 5.90. The van der Waals surface area contributed by atoms with E-state index >= 15 is 0 Å². The minimum Gasteiger partial charge on any atom is -0.412 e. The third-order valence-corrected chi connectivity index (χ3v) is 4.63. The smallest absolute Gasteiger partial charge is 0 e. The van der Waals surface area contributed by atoms with Crippen LogP contribution in [0, 0.1) is 17.8 Å². The summed E-state index contributed by atoms with van der Waals surface area (Å²) in [7, 11) is 0. The summed E-state index contributed by atoms with van der Waals surface area (Å²) < 4.78 is 0. The third-order valence-electron chi connectivity index (χ3n) is 4.63. The predicted octanol–water partition coefficient (Wildman–Crippen LogP) is 5.23. The van der Waals surface area contributed by atoms with Crippen LogP contribution in [0.15, 0.2) is 0 Å². The molecule has 0 radical (unpaired) electrons. The Labute approximate surface area is 110 Å². The molecule has 0 amide bonds. The van der Waals surface area contributed by atoms with Gasteiger partial charge in [0.05, 0.1) is 0 Å². The molecule has 2 rings (SSSR count). The van der Waals surface area contributed by atoms with Crippen LogP contribution >= 0.6 is 0 Å². The van der Waals surface area contributed by atoms with Gasteiger partial charge < -0.3 is 5.48 Å². The summed E-state index contributed by atoms with van der Waals surface area (Å²) in [6, 6.07) is 0. The monoisotopic (exact) mass is 244 g/mol. The van der Waals surface area contributed by atoms with E-state index in [1.165, 1.54) is 38.5 Å². The van der Waals surface area contributed by atoms with Gasteiger partial charge in [-0.05, 0) is 30.6 Å². The van der Waals surface area contributed by atoms with Crippen molar-refractivity contribution >= 4 is 0 Å². The van der Waals surface area contributed by atoms with Gasteiger partial charge in [0, 0.05) is 1.43 Å². The van der Waals surface area contributed by atoms with Crippen molar-refractivity contribution in [3.05, 3.63) is 0 Å². The normalized spacial score (nSPS) is 30.5. The van der Waals surface area contributed by atoms with E-state index in [4.69, 9.17) is 0 Å². The van der Waals surface area contributed by atoms with Crippen molar-refractivity contribution in [2.45, 2.75) is 85.0 Å². The van der Waals surface area contributed by atoms with Gasteiger partial charge in [-0.25, -0.2) is 0 Å². The van der Waals surface area contributed by atoms with Gasteiger partial charge in [0.15, 0.2) is 0 Å². The van der Waals surface area contributed by atoms with Crippen molar-refractivity contribution in [3.8, 4) is 0 Å². The highest BCUT2D eigenvalue weighted by Gasteiger charge is 2.26. The zero-order valence-electron chi connectivity index (χ0n) is 12.3. The quantitative estimate of drug-likeness (QED) is 0.566. The zero-order valence-corrected chi connectivity index (χ0v) is 12.3. The van der Waals surface area contributed by atoms with Crippen LogP contribution in [0.3, 0.4) is 0 Å². The summed E-state index contributed by atoms with van der Waals surface area (Å²) >= 11 is 0. The first-order valence-corrected chi connectivity index (χ1v) is 7.86. The lowest BCUT2D eigenvalue weighted by molar-refractivity contribution is 0.196. The highest BCUT2D eigenvalue weighted by molar-refractivity contribution is 4.77. The van der Waals surface area contributed by atoms with Gasteiger partial charge in [-0.1, -0.05) is 72.1 Å². The van der Waals surface area contributed by atoms with Crippen LogP contribution in [-0.2, 0) is 0 Å². The molecule has 0 atom stereocenters. The van der Waals surface area contributed by atoms with Crippen molar-refractivity contribution in [3.63, 3.8) is 0 Å². The molecule has 0 unspecified atom stereocenters. The van der Waals surface area contributed by atoms with Gasteiger partial charge >= 0.3 is 0 Å². The Morgan fingerprint density at radius 1 is 0.647 bits per heavy atom. The van der Waals surface area contributed by atoms with E-state index in [9.17, 15) is 0 Å². The summed E-state index contributed by atoms with van der Waals surface area (Å²) in [6.07, 6.45) is 15.3. The van der Waals surface area contributed by atoms with Crippen LogP contribution in [0.1, 0.15) is 86.4 Å². The van der Waals surface area contributed by atoms with Crippen molar-refractivity contribution in [2.24, 2.45) is 17.8 Å². The molecule has 0 saturated heterocycles. The summed E-state index contributed by atoms with van der Waals surface area (Å²) in [5.74, 6) is 3.26. The van der Waals surface area contributed by atoms with Gasteiger partial charge in [-0.15, -0.1) is 0 Å². The van der Waals surface area contributed by atoms with Crippen LogP contribution < -0.4 is 0 Å². The van der Waals surface area contributed by atoms with Crippen LogP contribution in [-0.4, -0.2) is 5.48 Å². The molecule has 0 aliphatic heterocycles. The molecule has 2 saturated carbocycles. The van der Waals surface area contributed by atoms with Crippen molar-refractivity contribution in [1.29, 1.82) is 0 Å². The fraction of sp³-hybridized carbons (Fsp3) is 1.00. The Bertz CT molecular complexity index is 156. The van der Waals surface area contributed by atoms with E-state index in [1.807, 2.05) is 13.8 Å². The average molecular weight is 244 g/mol. The molecular weight excluding hydrogens is 208 g/mol. The summed E-state index contributed by atoms with van der Waals surface area (Å²) in [4.78, 5) is 0. The lowest BCUT2D eigenvalue weighted by Gasteiger charge is -2.32. The van der Waals surface area contributed by atoms with E-state index in [0.717, 1.165) is 17.8 Å². The molecule has 2 aliphatic rings. The molecule has 0 aromatic carbocycles. The van der Waals surface area contributed by atoms with Crippen LogP contribution in [0.2, 0.25) is 0 Å². The number of hydrogen-bond acceptors (Lipinski definition) is 0. The van der Waals surface area contributed by atoms with Gasteiger partial charge in [-0.3, -0.25) is 0 Å². The molecule has 106 valence electrons. The Balaban J connectivity index is 0. The van der Waals surface area contributed by atoms with E-state index in [1.54, 1.807) is 25.7 Å². The lowest BCUT2D eigenvalue weighted by atomic mass is 9.74. The Hall–Kier alpha value is -0.0400. The largest absolute Gasteiger partial charge is 0.412 e. The second-order valence-corrected chi connectivity index (χ2v) is 5.77. The lowest BCUT2D eigenvalue weighted by Crippen LogP contribution is -2.20. The maximum Gasteiger partial charge on any atom is 0 e. The zero-order chi connectivity index (χ0) is 11.8. The standard InChI is InChI=1S/C14H26.C2H6.H2O.H2/c1-12-8-10-14(11-9-12)13-6-4-2-3-5-7-13;1-2;;/h12-14H,2-11H2,1H3;1-2H3;1H2;1H. The summed E-state index contributed by atoms with van der Waals surface area (Å²) in [5, 5.41) is 0. The van der Waals surface area contributed by atoms with Crippen LogP contribution in [0.25, 0.3) is 0 Å². The van der Waals surface area contributed by atoms with Crippen molar-refractivity contribution in [1.82, 2.24) is 0 Å². The Kier molecular flexibility index (Phi) is 9.91. The molecule has 2 aliphatic carbocycles. The van der Waals surface area contributed by atoms with Crippen molar-refractivity contribution in [2.75, 3.05) is 0 Å². The fourth-order valence-corrected chi connectivity index (χ4v) is 3.54. The van der Waals surface area contributed by atoms with E-state index in [0.29, 0.717) is 0 Å². The molecule has 17 heavy (non-hydrogen) atoms. The molecule has 0 heterocycles. The van der Waals surface area contributed by atoms with Crippen LogP contribution in [0.5, 0.6) is 0 Å². The number of hydrogen-bond donors (Lipinski definition) is 0. The highest BCUT2D eigenvalue weighted by Crippen LogP contribution is 2.38. The van der Waals surface area contributed by atoms with Gasteiger partial charge in [0.25, 0.3) is 0 Å². The summed E-state index contributed by atoms with van der Waals surface area (Å²) in [6.45, 7) is 6.43. The molecule has 2 N–H and O–H groups in total. The molecule has 0 spiro atoms. The molecule has 0 aromatic heterocycles.